The molecule has 0 radical (unpaired) electrons. The van der Waals surface area contributed by atoms with Gasteiger partial charge in [0.1, 0.15) is 5.82 Å². The molecule has 3 nitrogen and oxygen atoms in total. The fourth-order valence-corrected chi connectivity index (χ4v) is 6.02. The second-order valence-electron chi connectivity index (χ2n) is 10.2. The summed E-state index contributed by atoms with van der Waals surface area (Å²) in [7, 11) is 0. The van der Waals surface area contributed by atoms with Crippen molar-refractivity contribution < 1.29 is 40.2 Å². The van der Waals surface area contributed by atoms with Crippen LogP contribution in [0.3, 0.4) is 0 Å². The van der Waals surface area contributed by atoms with E-state index < -0.39 is 48.1 Å². The smallest absolute Gasteiger partial charge is 0.352 e. The number of benzene rings is 3. The largest absolute Gasteiger partial charge is 0.416 e. The first-order valence-electron chi connectivity index (χ1n) is 12.6. The van der Waals surface area contributed by atoms with Crippen molar-refractivity contribution in [1.29, 1.82) is 0 Å². The molecule has 0 spiro atoms. The summed E-state index contributed by atoms with van der Waals surface area (Å²) < 4.78 is 106. The van der Waals surface area contributed by atoms with Gasteiger partial charge in [0.2, 0.25) is 0 Å². The second kappa shape index (κ2) is 11.4. The number of nitrogens with zero attached hydrogens (tertiary/aromatic N) is 1. The van der Waals surface area contributed by atoms with Crippen molar-refractivity contribution in [3.63, 3.8) is 0 Å². The van der Waals surface area contributed by atoms with E-state index in [2.05, 4.69) is 20.8 Å². The van der Waals surface area contributed by atoms with Gasteiger partial charge in [-0.05, 0) is 74.8 Å². The van der Waals surface area contributed by atoms with Crippen molar-refractivity contribution in [2.45, 2.75) is 37.7 Å². The Hall–Kier alpha value is -2.47. The Morgan fingerprint density at radius 2 is 1.52 bits per heavy atom. The first-order valence-corrected chi connectivity index (χ1v) is 13.4. The molecule has 0 aliphatic carbocycles. The van der Waals surface area contributed by atoms with E-state index in [4.69, 9.17) is 9.47 Å². The predicted molar refractivity (Wildman–Crippen MR) is 137 cm³/mol. The highest BCUT2D eigenvalue weighted by atomic mass is 79.9. The number of hydrogen-bond acceptors (Lipinski definition) is 3. The van der Waals surface area contributed by atoms with Crippen LogP contribution in [0.4, 0.5) is 30.7 Å². The number of alkyl halides is 6. The molecule has 2 fully saturated rings. The molecular formula is C29H25BrF7NO2. The van der Waals surface area contributed by atoms with Gasteiger partial charge in [-0.25, -0.2) is 4.39 Å². The van der Waals surface area contributed by atoms with E-state index in [1.807, 2.05) is 30.3 Å². The lowest BCUT2D eigenvalue weighted by Gasteiger charge is -2.39. The van der Waals surface area contributed by atoms with Gasteiger partial charge in [-0.15, -0.1) is 0 Å². The van der Waals surface area contributed by atoms with E-state index in [0.29, 0.717) is 37.4 Å². The van der Waals surface area contributed by atoms with Gasteiger partial charge in [-0.2, -0.15) is 26.3 Å². The molecule has 0 N–H and O–H groups in total. The topological polar surface area (TPSA) is 21.7 Å². The Morgan fingerprint density at radius 3 is 2.15 bits per heavy atom. The first-order chi connectivity index (χ1) is 18.9. The van der Waals surface area contributed by atoms with E-state index in [1.54, 1.807) is 12.1 Å². The van der Waals surface area contributed by atoms with Crippen molar-refractivity contribution in [2.24, 2.45) is 11.8 Å². The molecule has 0 amide bonds. The minimum atomic E-state index is -4.96. The highest BCUT2D eigenvalue weighted by Gasteiger charge is 2.47. The quantitative estimate of drug-likeness (QED) is 0.257. The van der Waals surface area contributed by atoms with Crippen LogP contribution < -0.4 is 0 Å². The maximum Gasteiger partial charge on any atom is 0.416 e. The minimum absolute atomic E-state index is 0.00655. The van der Waals surface area contributed by atoms with E-state index in [1.165, 1.54) is 6.07 Å². The van der Waals surface area contributed by atoms with Gasteiger partial charge in [0, 0.05) is 25.6 Å². The molecule has 11 heteroatoms. The van der Waals surface area contributed by atoms with Crippen molar-refractivity contribution in [1.82, 2.24) is 4.90 Å². The van der Waals surface area contributed by atoms with Crippen LogP contribution in [0, 0.1) is 17.7 Å². The van der Waals surface area contributed by atoms with Crippen molar-refractivity contribution >= 4 is 15.9 Å². The summed E-state index contributed by atoms with van der Waals surface area (Å²) in [5.41, 5.74) is -1.24. The zero-order chi connectivity index (χ0) is 28.7. The Kier molecular flexibility index (Phi) is 8.29. The molecule has 0 unspecified atom stereocenters. The van der Waals surface area contributed by atoms with Crippen molar-refractivity contribution in [3.05, 3.63) is 105 Å². The molecule has 2 saturated heterocycles. The molecule has 2 aliphatic heterocycles. The first kappa shape index (κ1) is 29.0. The van der Waals surface area contributed by atoms with E-state index in [-0.39, 0.29) is 27.9 Å². The van der Waals surface area contributed by atoms with Crippen LogP contribution in [-0.2, 0) is 35.0 Å². The highest BCUT2D eigenvalue weighted by Crippen LogP contribution is 2.45. The summed E-state index contributed by atoms with van der Waals surface area (Å²) in [6.45, 7) is 1.92. The molecule has 0 saturated carbocycles. The molecule has 2 aliphatic rings. The standard InChI is InChI=1S/C29H25BrF7NO2/c30-24-10-19(6-7-25(24)31)26-23-14-38(12-17-4-2-1-3-5-17)13-20(23)16-40-27(26)39-15-18-8-21(28(32,33)34)11-22(9-18)29(35,36)37/h1-11,20,23,26-27H,12-16H2/t20-,23+,26-,27-/m0/s1. The van der Waals surface area contributed by atoms with Gasteiger partial charge in [0.05, 0.1) is 28.8 Å². The van der Waals surface area contributed by atoms with Crippen LogP contribution in [0.1, 0.15) is 33.7 Å². The summed E-state index contributed by atoms with van der Waals surface area (Å²) in [5, 5.41) is 0. The molecule has 5 rings (SSSR count). The Balaban J connectivity index is 1.41. The maximum atomic E-state index is 14.1. The zero-order valence-corrected chi connectivity index (χ0v) is 22.6. The van der Waals surface area contributed by atoms with Gasteiger partial charge in [0.15, 0.2) is 6.29 Å². The third kappa shape index (κ3) is 6.53. The third-order valence-corrected chi connectivity index (χ3v) is 8.04. The maximum absolute atomic E-state index is 14.1. The van der Waals surface area contributed by atoms with Crippen LogP contribution >= 0.6 is 15.9 Å². The van der Waals surface area contributed by atoms with Gasteiger partial charge in [-0.3, -0.25) is 4.90 Å². The molecule has 0 bridgehead atoms. The lowest BCUT2D eigenvalue weighted by molar-refractivity contribution is -0.203. The van der Waals surface area contributed by atoms with Crippen LogP contribution in [0.25, 0.3) is 0 Å². The number of hydrogen-bond donors (Lipinski definition) is 0. The average molecular weight is 632 g/mol. The fraction of sp³-hybridized carbons (Fsp3) is 0.379. The summed E-state index contributed by atoms with van der Waals surface area (Å²) >= 11 is 3.21. The Morgan fingerprint density at radius 1 is 0.850 bits per heavy atom. The van der Waals surface area contributed by atoms with E-state index >= 15 is 0 Å². The number of rotatable bonds is 6. The number of fused-ring (bicyclic) bond motifs is 1. The van der Waals surface area contributed by atoms with Gasteiger partial charge < -0.3 is 9.47 Å². The molecule has 3 aromatic carbocycles. The lowest BCUT2D eigenvalue weighted by Crippen LogP contribution is -2.41. The van der Waals surface area contributed by atoms with Crippen LogP contribution in [0.15, 0.2) is 71.2 Å². The molecule has 4 atom stereocenters. The number of likely N-dealkylation sites (tertiary alicyclic amines) is 1. The molecular weight excluding hydrogens is 607 g/mol. The average Bonchev–Trinajstić information content (AvgIpc) is 3.30. The van der Waals surface area contributed by atoms with Crippen LogP contribution in [0.5, 0.6) is 0 Å². The van der Waals surface area contributed by atoms with Gasteiger partial charge in [0.25, 0.3) is 0 Å². The summed E-state index contributed by atoms with van der Waals surface area (Å²) in [5.74, 6) is -0.769. The van der Waals surface area contributed by atoms with E-state index in [9.17, 15) is 30.7 Å². The Bertz CT molecular complexity index is 1300. The van der Waals surface area contributed by atoms with Crippen molar-refractivity contribution in [3.8, 4) is 0 Å². The van der Waals surface area contributed by atoms with E-state index in [0.717, 1.165) is 12.1 Å². The van der Waals surface area contributed by atoms with Gasteiger partial charge >= 0.3 is 12.4 Å². The normalized spacial score (nSPS) is 23.8. The second-order valence-corrected chi connectivity index (χ2v) is 11.1. The third-order valence-electron chi connectivity index (χ3n) is 7.44. The molecule has 3 aromatic rings. The molecule has 0 aromatic heterocycles. The summed E-state index contributed by atoms with van der Waals surface area (Å²) in [4.78, 5) is 2.28. The summed E-state index contributed by atoms with van der Waals surface area (Å²) in [6, 6.07) is 15.9. The van der Waals surface area contributed by atoms with Crippen molar-refractivity contribution in [2.75, 3.05) is 19.7 Å². The fourth-order valence-electron chi connectivity index (χ4n) is 5.62. The molecule has 40 heavy (non-hydrogen) atoms. The van der Waals surface area contributed by atoms with Crippen LogP contribution in [-0.4, -0.2) is 30.9 Å². The Labute approximate surface area is 235 Å². The predicted octanol–water partition coefficient (Wildman–Crippen LogP) is 8.03. The minimum Gasteiger partial charge on any atom is -0.352 e. The van der Waals surface area contributed by atoms with Gasteiger partial charge in [-0.1, -0.05) is 36.4 Å². The number of halogens is 8. The summed E-state index contributed by atoms with van der Waals surface area (Å²) in [6.07, 6.45) is -10.9. The molecule has 2 heterocycles. The molecule has 214 valence electrons. The SMILES string of the molecule is Fc1ccc([C@@H]2[C@@H](OCc3cc(C(F)(F)F)cc(C(F)(F)F)c3)OC[C@@H]3CN(Cc4ccccc4)C[C@H]32)cc1Br. The zero-order valence-electron chi connectivity index (χ0n) is 21.0. The number of ether oxygens (including phenoxy) is 2. The highest BCUT2D eigenvalue weighted by molar-refractivity contribution is 9.10. The lowest BCUT2D eigenvalue weighted by atomic mass is 9.77. The van der Waals surface area contributed by atoms with Crippen LogP contribution in [0.2, 0.25) is 0 Å². The monoisotopic (exact) mass is 631 g/mol.